The summed E-state index contributed by atoms with van der Waals surface area (Å²) >= 11 is 0. The van der Waals surface area contributed by atoms with Crippen molar-refractivity contribution in [3.05, 3.63) is 65.2 Å². The summed E-state index contributed by atoms with van der Waals surface area (Å²) < 4.78 is 27.8. The van der Waals surface area contributed by atoms with Gasteiger partial charge in [-0.1, -0.05) is 42.0 Å². The van der Waals surface area contributed by atoms with Gasteiger partial charge in [-0.15, -0.1) is 0 Å². The van der Waals surface area contributed by atoms with Gasteiger partial charge >= 0.3 is 6.03 Å². The van der Waals surface area contributed by atoms with Crippen LogP contribution in [-0.2, 0) is 16.6 Å². The molecule has 1 aliphatic heterocycles. The lowest BCUT2D eigenvalue weighted by molar-refractivity contribution is 0.139. The van der Waals surface area contributed by atoms with E-state index in [2.05, 4.69) is 4.90 Å². The summed E-state index contributed by atoms with van der Waals surface area (Å²) in [6, 6.07) is 13.7. The quantitative estimate of drug-likeness (QED) is 0.790. The smallest absolute Gasteiger partial charge is 0.321 e. The van der Waals surface area contributed by atoms with E-state index in [1.807, 2.05) is 45.2 Å². The number of amides is 2. The molecule has 0 bridgehead atoms. The zero-order chi connectivity index (χ0) is 20.3. The molecule has 0 aromatic heterocycles. The zero-order valence-corrected chi connectivity index (χ0v) is 17.4. The molecule has 1 heterocycles. The zero-order valence-electron chi connectivity index (χ0n) is 16.6. The van der Waals surface area contributed by atoms with E-state index in [4.69, 9.17) is 0 Å². The number of sulfonamides is 1. The monoisotopic (exact) mass is 401 g/mol. The van der Waals surface area contributed by atoms with Gasteiger partial charge in [0.25, 0.3) is 10.0 Å². The molecule has 6 nitrogen and oxygen atoms in total. The van der Waals surface area contributed by atoms with Crippen LogP contribution in [0.15, 0.2) is 53.4 Å². The third kappa shape index (κ3) is 4.36. The Kier molecular flexibility index (Phi) is 6.05. The van der Waals surface area contributed by atoms with Crippen LogP contribution in [0.25, 0.3) is 0 Å². The Balaban J connectivity index is 1.97. The van der Waals surface area contributed by atoms with E-state index < -0.39 is 16.1 Å². The van der Waals surface area contributed by atoms with Crippen LogP contribution in [0.5, 0.6) is 0 Å². The van der Waals surface area contributed by atoms with Crippen molar-refractivity contribution in [2.75, 3.05) is 33.2 Å². The van der Waals surface area contributed by atoms with Crippen LogP contribution >= 0.6 is 0 Å². The van der Waals surface area contributed by atoms with Gasteiger partial charge < -0.3 is 9.80 Å². The normalized spacial score (nSPS) is 15.5. The molecule has 0 spiro atoms. The van der Waals surface area contributed by atoms with E-state index in [0.29, 0.717) is 13.1 Å². The SMILES string of the molecule is Cc1ccc(S(=O)(=O)N(Cc2ccccc2C)C(=O)N2CCN(C)CC2)cc1. The molecular weight excluding hydrogens is 374 g/mol. The Morgan fingerprint density at radius 2 is 1.57 bits per heavy atom. The molecule has 1 aliphatic rings. The predicted molar refractivity (Wildman–Crippen MR) is 110 cm³/mol. The lowest BCUT2D eigenvalue weighted by Crippen LogP contribution is -2.53. The van der Waals surface area contributed by atoms with Gasteiger partial charge in [0.1, 0.15) is 0 Å². The molecular formula is C21H27N3O3S. The number of hydrogen-bond acceptors (Lipinski definition) is 4. The average Bonchev–Trinajstić information content (AvgIpc) is 2.67. The molecule has 2 amide bonds. The highest BCUT2D eigenvalue weighted by Crippen LogP contribution is 2.22. The molecule has 0 aliphatic carbocycles. The van der Waals surface area contributed by atoms with Crippen molar-refractivity contribution in [2.24, 2.45) is 0 Å². The summed E-state index contributed by atoms with van der Waals surface area (Å²) in [7, 11) is -1.97. The first-order valence-corrected chi connectivity index (χ1v) is 10.8. The van der Waals surface area contributed by atoms with Crippen LogP contribution in [-0.4, -0.2) is 61.8 Å². The standard InChI is InChI=1S/C21H27N3O3S/c1-17-8-10-20(11-9-17)28(26,27)24(16-19-7-5-4-6-18(19)2)21(25)23-14-12-22(3)13-15-23/h4-11H,12-16H2,1-3H3. The lowest BCUT2D eigenvalue weighted by atomic mass is 10.1. The van der Waals surface area contributed by atoms with Crippen LogP contribution < -0.4 is 0 Å². The van der Waals surface area contributed by atoms with Crippen molar-refractivity contribution in [3.8, 4) is 0 Å². The van der Waals surface area contributed by atoms with Gasteiger partial charge in [0.15, 0.2) is 0 Å². The molecule has 1 saturated heterocycles. The van der Waals surface area contributed by atoms with Gasteiger partial charge in [0.2, 0.25) is 0 Å². The molecule has 2 aromatic carbocycles. The number of nitrogens with zero attached hydrogens (tertiary/aromatic N) is 3. The Morgan fingerprint density at radius 1 is 0.964 bits per heavy atom. The minimum Gasteiger partial charge on any atom is -0.321 e. The van der Waals surface area contributed by atoms with Crippen molar-refractivity contribution in [1.82, 2.24) is 14.1 Å². The number of carbonyl (C=O) groups excluding carboxylic acids is 1. The highest BCUT2D eigenvalue weighted by atomic mass is 32.2. The Bertz CT molecular complexity index is 934. The van der Waals surface area contributed by atoms with Gasteiger partial charge in [-0.05, 0) is 44.2 Å². The largest absolute Gasteiger partial charge is 0.334 e. The van der Waals surface area contributed by atoms with Crippen molar-refractivity contribution in [1.29, 1.82) is 0 Å². The van der Waals surface area contributed by atoms with Crippen molar-refractivity contribution in [3.63, 3.8) is 0 Å². The van der Waals surface area contributed by atoms with Gasteiger partial charge in [-0.2, -0.15) is 0 Å². The molecule has 3 rings (SSSR count). The maximum Gasteiger partial charge on any atom is 0.334 e. The summed E-state index contributed by atoms with van der Waals surface area (Å²) in [5.41, 5.74) is 2.74. The number of likely N-dealkylation sites (N-methyl/N-ethyl adjacent to an activating group) is 1. The van der Waals surface area contributed by atoms with Gasteiger partial charge in [-0.25, -0.2) is 17.5 Å². The number of hydrogen-bond donors (Lipinski definition) is 0. The summed E-state index contributed by atoms with van der Waals surface area (Å²) in [6.45, 7) is 6.34. The van der Waals surface area contributed by atoms with Gasteiger partial charge in [-0.3, -0.25) is 0 Å². The Morgan fingerprint density at radius 3 is 2.18 bits per heavy atom. The third-order valence-electron chi connectivity index (χ3n) is 5.17. The van der Waals surface area contributed by atoms with Crippen molar-refractivity contribution < 1.29 is 13.2 Å². The second kappa shape index (κ2) is 8.32. The second-order valence-electron chi connectivity index (χ2n) is 7.32. The highest BCUT2D eigenvalue weighted by Gasteiger charge is 2.34. The molecule has 0 atom stereocenters. The number of urea groups is 1. The molecule has 7 heteroatoms. The summed E-state index contributed by atoms with van der Waals surface area (Å²) in [4.78, 5) is 17.2. The van der Waals surface area contributed by atoms with Crippen LogP contribution in [0.2, 0.25) is 0 Å². The fourth-order valence-corrected chi connectivity index (χ4v) is 4.56. The average molecular weight is 402 g/mol. The number of aryl methyl sites for hydroxylation is 2. The first-order valence-electron chi connectivity index (χ1n) is 9.40. The molecule has 0 unspecified atom stereocenters. The van der Waals surface area contributed by atoms with Crippen molar-refractivity contribution >= 4 is 16.1 Å². The second-order valence-corrected chi connectivity index (χ2v) is 9.19. The maximum absolute atomic E-state index is 13.4. The minimum atomic E-state index is -3.97. The minimum absolute atomic E-state index is 0.0219. The van der Waals surface area contributed by atoms with E-state index in [0.717, 1.165) is 34.1 Å². The maximum atomic E-state index is 13.4. The van der Waals surface area contributed by atoms with E-state index in [1.54, 1.807) is 29.2 Å². The van der Waals surface area contributed by atoms with E-state index in [1.165, 1.54) is 0 Å². The van der Waals surface area contributed by atoms with Crippen LogP contribution in [0.4, 0.5) is 4.79 Å². The van der Waals surface area contributed by atoms with Crippen molar-refractivity contribution in [2.45, 2.75) is 25.3 Å². The number of benzene rings is 2. The van der Waals surface area contributed by atoms with E-state index >= 15 is 0 Å². The molecule has 0 saturated carbocycles. The molecule has 1 fully saturated rings. The van der Waals surface area contributed by atoms with E-state index in [9.17, 15) is 13.2 Å². The third-order valence-corrected chi connectivity index (χ3v) is 6.90. The van der Waals surface area contributed by atoms with Gasteiger partial charge in [0, 0.05) is 26.2 Å². The first-order chi connectivity index (χ1) is 13.3. The van der Waals surface area contributed by atoms with E-state index in [-0.39, 0.29) is 11.4 Å². The molecule has 150 valence electrons. The molecule has 28 heavy (non-hydrogen) atoms. The van der Waals surface area contributed by atoms with Gasteiger partial charge in [0.05, 0.1) is 11.4 Å². The van der Waals surface area contributed by atoms with Crippen LogP contribution in [0.3, 0.4) is 0 Å². The number of rotatable bonds is 4. The predicted octanol–water partition coefficient (Wildman–Crippen LogP) is 2.86. The Hall–Kier alpha value is -2.38. The fraction of sp³-hybridized carbons (Fsp3) is 0.381. The number of piperazine rings is 1. The molecule has 2 aromatic rings. The van der Waals surface area contributed by atoms with Crippen LogP contribution in [0.1, 0.15) is 16.7 Å². The summed E-state index contributed by atoms with van der Waals surface area (Å²) in [5.74, 6) is 0. The highest BCUT2D eigenvalue weighted by molar-refractivity contribution is 7.89. The topological polar surface area (TPSA) is 60.9 Å². The summed E-state index contributed by atoms with van der Waals surface area (Å²) in [6.07, 6.45) is 0. The molecule has 0 N–H and O–H groups in total. The van der Waals surface area contributed by atoms with Crippen LogP contribution in [0, 0.1) is 13.8 Å². The summed E-state index contributed by atoms with van der Waals surface area (Å²) in [5, 5.41) is 0. The Labute approximate surface area is 167 Å². The first kappa shape index (κ1) is 20.4. The number of carbonyl (C=O) groups is 1. The molecule has 0 radical (unpaired) electrons. The fourth-order valence-electron chi connectivity index (χ4n) is 3.19. The lowest BCUT2D eigenvalue weighted by Gasteiger charge is -2.35.